The van der Waals surface area contributed by atoms with Gasteiger partial charge in [-0.2, -0.15) is 0 Å². The highest BCUT2D eigenvalue weighted by Crippen LogP contribution is 2.12. The zero-order valence-corrected chi connectivity index (χ0v) is 10.5. The van der Waals surface area contributed by atoms with Gasteiger partial charge in [-0.1, -0.05) is 18.7 Å². The Morgan fingerprint density at radius 3 is 2.53 bits per heavy atom. The van der Waals surface area contributed by atoms with Crippen molar-refractivity contribution in [3.8, 4) is 0 Å². The van der Waals surface area contributed by atoms with E-state index in [0.717, 1.165) is 44.8 Å². The summed E-state index contributed by atoms with van der Waals surface area (Å²) >= 11 is 0. The highest BCUT2D eigenvalue weighted by Gasteiger charge is 2.12. The Morgan fingerprint density at radius 1 is 1.29 bits per heavy atom. The van der Waals surface area contributed by atoms with E-state index in [-0.39, 0.29) is 5.97 Å². The fourth-order valence-corrected chi connectivity index (χ4v) is 1.73. The van der Waals surface area contributed by atoms with Gasteiger partial charge in [0.1, 0.15) is 0 Å². The van der Waals surface area contributed by atoms with Crippen LogP contribution in [0.5, 0.6) is 0 Å². The number of esters is 1. The van der Waals surface area contributed by atoms with E-state index in [1.165, 1.54) is 7.11 Å². The first kappa shape index (κ1) is 13.9. The van der Waals surface area contributed by atoms with Gasteiger partial charge in [0.25, 0.3) is 0 Å². The molecule has 0 aromatic heterocycles. The molecule has 0 atom stereocenters. The lowest BCUT2D eigenvalue weighted by atomic mass is 10.1. The molecule has 0 aromatic rings. The molecule has 0 aliphatic carbocycles. The lowest BCUT2D eigenvalue weighted by molar-refractivity contribution is -0.136. The molecule has 1 saturated heterocycles. The van der Waals surface area contributed by atoms with Gasteiger partial charge in [-0.05, 0) is 12.8 Å². The molecule has 4 heteroatoms. The lowest BCUT2D eigenvalue weighted by Crippen LogP contribution is -2.37. The molecule has 1 aliphatic rings. The van der Waals surface area contributed by atoms with Crippen molar-refractivity contribution in [1.29, 1.82) is 0 Å². The molecule has 0 amide bonds. The number of carbonyl (C=O) groups is 1. The van der Waals surface area contributed by atoms with E-state index in [2.05, 4.69) is 22.8 Å². The van der Waals surface area contributed by atoms with E-state index in [1.807, 2.05) is 0 Å². The number of rotatable bonds is 6. The first-order valence-electron chi connectivity index (χ1n) is 5.86. The largest absolute Gasteiger partial charge is 0.466 e. The Bertz CT molecular complexity index is 293. The van der Waals surface area contributed by atoms with Crippen LogP contribution < -0.4 is 0 Å². The summed E-state index contributed by atoms with van der Waals surface area (Å²) in [7, 11) is 1.37. The molecular formula is C13H21NO3. The summed E-state index contributed by atoms with van der Waals surface area (Å²) in [5.41, 5.74) is 1.63. The van der Waals surface area contributed by atoms with Crippen molar-refractivity contribution in [3.63, 3.8) is 0 Å². The lowest BCUT2D eigenvalue weighted by Gasteiger charge is -2.27. The second-order valence-electron chi connectivity index (χ2n) is 4.23. The van der Waals surface area contributed by atoms with Crippen LogP contribution >= 0.6 is 0 Å². The van der Waals surface area contributed by atoms with Gasteiger partial charge < -0.3 is 9.47 Å². The van der Waals surface area contributed by atoms with Crippen LogP contribution in [0.3, 0.4) is 0 Å². The molecule has 0 aromatic carbocycles. The highest BCUT2D eigenvalue weighted by atomic mass is 16.5. The van der Waals surface area contributed by atoms with Crippen LogP contribution in [0.2, 0.25) is 0 Å². The predicted octanol–water partition coefficient (Wildman–Crippen LogP) is 1.38. The van der Waals surface area contributed by atoms with E-state index in [0.29, 0.717) is 12.0 Å². The summed E-state index contributed by atoms with van der Waals surface area (Å²) in [5.74, 6) is -0.329. The van der Waals surface area contributed by atoms with Crippen LogP contribution in [0.25, 0.3) is 0 Å². The van der Waals surface area contributed by atoms with Gasteiger partial charge in [-0.25, -0.2) is 4.79 Å². The van der Waals surface area contributed by atoms with Crippen molar-refractivity contribution in [3.05, 3.63) is 24.3 Å². The minimum atomic E-state index is -0.329. The summed E-state index contributed by atoms with van der Waals surface area (Å²) < 4.78 is 9.88. The van der Waals surface area contributed by atoms with Gasteiger partial charge in [0, 0.05) is 25.2 Å². The smallest absolute Gasteiger partial charge is 0.333 e. The molecule has 1 fully saturated rings. The number of carbonyl (C=O) groups excluding carboxylic acids is 1. The van der Waals surface area contributed by atoms with E-state index in [1.54, 1.807) is 0 Å². The molecule has 0 spiro atoms. The number of hydrogen-bond donors (Lipinski definition) is 0. The van der Waals surface area contributed by atoms with Crippen LogP contribution in [0.4, 0.5) is 0 Å². The van der Waals surface area contributed by atoms with Crippen LogP contribution in [0.15, 0.2) is 24.3 Å². The Balaban J connectivity index is 2.20. The predicted molar refractivity (Wildman–Crippen MR) is 66.8 cm³/mol. The van der Waals surface area contributed by atoms with Gasteiger partial charge >= 0.3 is 5.97 Å². The summed E-state index contributed by atoms with van der Waals surface area (Å²) in [5, 5.41) is 0. The number of nitrogens with zero attached hydrogens (tertiary/aromatic N) is 1. The van der Waals surface area contributed by atoms with Gasteiger partial charge in [0.05, 0.1) is 20.3 Å². The van der Waals surface area contributed by atoms with Crippen molar-refractivity contribution in [2.75, 3.05) is 40.0 Å². The third-order valence-electron chi connectivity index (χ3n) is 2.81. The molecule has 0 saturated carbocycles. The molecule has 0 bridgehead atoms. The Kier molecular flexibility index (Phi) is 5.94. The maximum Gasteiger partial charge on any atom is 0.333 e. The molecule has 96 valence electrons. The minimum Gasteiger partial charge on any atom is -0.466 e. The zero-order valence-electron chi connectivity index (χ0n) is 10.5. The normalized spacial score (nSPS) is 16.5. The van der Waals surface area contributed by atoms with Crippen molar-refractivity contribution in [2.45, 2.75) is 12.8 Å². The monoisotopic (exact) mass is 239 g/mol. The summed E-state index contributed by atoms with van der Waals surface area (Å²) in [6, 6.07) is 0. The topological polar surface area (TPSA) is 38.8 Å². The second-order valence-corrected chi connectivity index (χ2v) is 4.23. The molecule has 0 N–H and O–H groups in total. The Morgan fingerprint density at radius 2 is 1.94 bits per heavy atom. The molecule has 1 heterocycles. The first-order chi connectivity index (χ1) is 8.13. The van der Waals surface area contributed by atoms with Gasteiger partial charge in [0.2, 0.25) is 0 Å². The Labute approximate surface area is 103 Å². The number of methoxy groups -OCH3 is 1. The van der Waals surface area contributed by atoms with E-state index >= 15 is 0 Å². The van der Waals surface area contributed by atoms with Crippen molar-refractivity contribution in [1.82, 2.24) is 4.90 Å². The molecular weight excluding hydrogens is 218 g/mol. The molecule has 1 aliphatic heterocycles. The fraction of sp³-hybridized carbons (Fsp3) is 0.615. The van der Waals surface area contributed by atoms with Gasteiger partial charge in [0.15, 0.2) is 0 Å². The quantitative estimate of drug-likeness (QED) is 0.399. The SMILES string of the molecule is C=C(CCC(=C)C(=O)OC)CN1CCOCC1. The van der Waals surface area contributed by atoms with Crippen LogP contribution in [-0.4, -0.2) is 50.8 Å². The molecule has 1 rings (SSSR count). The molecule has 4 nitrogen and oxygen atoms in total. The minimum absolute atomic E-state index is 0.329. The van der Waals surface area contributed by atoms with E-state index in [9.17, 15) is 4.79 Å². The molecule has 0 radical (unpaired) electrons. The van der Waals surface area contributed by atoms with Gasteiger partial charge in [-0.15, -0.1) is 0 Å². The maximum atomic E-state index is 11.1. The standard InChI is InChI=1S/C13H21NO3/c1-11(4-5-12(2)13(15)16-3)10-14-6-8-17-9-7-14/h1-2,4-10H2,3H3. The number of ether oxygens (including phenoxy) is 2. The Hall–Kier alpha value is -1.13. The van der Waals surface area contributed by atoms with Gasteiger partial charge in [-0.3, -0.25) is 4.90 Å². The third-order valence-corrected chi connectivity index (χ3v) is 2.81. The van der Waals surface area contributed by atoms with Crippen molar-refractivity contribution < 1.29 is 14.3 Å². The first-order valence-corrected chi connectivity index (χ1v) is 5.86. The maximum absolute atomic E-state index is 11.1. The summed E-state index contributed by atoms with van der Waals surface area (Å²) in [6.45, 7) is 12.1. The summed E-state index contributed by atoms with van der Waals surface area (Å²) in [4.78, 5) is 13.4. The molecule has 17 heavy (non-hydrogen) atoms. The van der Waals surface area contributed by atoms with Crippen LogP contribution in [-0.2, 0) is 14.3 Å². The molecule has 0 unspecified atom stereocenters. The van der Waals surface area contributed by atoms with Crippen molar-refractivity contribution in [2.24, 2.45) is 0 Å². The number of hydrogen-bond acceptors (Lipinski definition) is 4. The second kappa shape index (κ2) is 7.25. The van der Waals surface area contributed by atoms with E-state index < -0.39 is 0 Å². The van der Waals surface area contributed by atoms with Crippen LogP contribution in [0, 0.1) is 0 Å². The summed E-state index contributed by atoms with van der Waals surface area (Å²) in [6.07, 6.45) is 1.40. The zero-order chi connectivity index (χ0) is 12.7. The van der Waals surface area contributed by atoms with Crippen LogP contribution in [0.1, 0.15) is 12.8 Å². The average Bonchev–Trinajstić information content (AvgIpc) is 2.36. The average molecular weight is 239 g/mol. The van der Waals surface area contributed by atoms with Crippen molar-refractivity contribution >= 4 is 5.97 Å². The highest BCUT2D eigenvalue weighted by molar-refractivity contribution is 5.87. The third kappa shape index (κ3) is 5.15. The fourth-order valence-electron chi connectivity index (χ4n) is 1.73. The number of morpholine rings is 1. The van der Waals surface area contributed by atoms with E-state index in [4.69, 9.17) is 4.74 Å².